The van der Waals surface area contributed by atoms with Gasteiger partial charge in [0.1, 0.15) is 23.8 Å². The molecular formula is C17H19FN4O3S. The molecule has 0 atom stereocenters. The predicted molar refractivity (Wildman–Crippen MR) is 96.0 cm³/mol. The van der Waals surface area contributed by atoms with Crippen LogP contribution in [0.5, 0.6) is 5.88 Å². The van der Waals surface area contributed by atoms with Crippen LogP contribution in [0.25, 0.3) is 0 Å². The number of nitrogens with zero attached hydrogens (tertiary/aromatic N) is 1. The molecule has 1 heterocycles. The van der Waals surface area contributed by atoms with Gasteiger partial charge in [0.2, 0.25) is 5.88 Å². The number of halogens is 1. The zero-order valence-electron chi connectivity index (χ0n) is 14.0. The molecule has 1 fully saturated rings. The van der Waals surface area contributed by atoms with Crippen LogP contribution in [0.3, 0.4) is 0 Å². The summed E-state index contributed by atoms with van der Waals surface area (Å²) in [5.74, 6) is -0.203. The largest absolute Gasteiger partial charge is 0.472 e. The smallest absolute Gasteiger partial charge is 0.319 e. The molecule has 1 aromatic carbocycles. The lowest BCUT2D eigenvalue weighted by molar-refractivity contribution is 0.0996. The molecule has 1 aromatic heterocycles. The van der Waals surface area contributed by atoms with Crippen LogP contribution in [0.15, 0.2) is 24.3 Å². The van der Waals surface area contributed by atoms with Crippen molar-refractivity contribution in [1.29, 1.82) is 0 Å². The SMILES string of the molecule is NC(=O)c1c(OCc2ccccc2CF)nsc1NC(=O)NCC1CC1. The first-order valence-electron chi connectivity index (χ1n) is 8.18. The maximum atomic E-state index is 13.0. The maximum absolute atomic E-state index is 13.0. The number of anilines is 1. The molecule has 0 aliphatic heterocycles. The Bertz CT molecular complexity index is 807. The normalized spacial score (nSPS) is 13.3. The highest BCUT2D eigenvalue weighted by Gasteiger charge is 2.24. The van der Waals surface area contributed by atoms with E-state index in [1.165, 1.54) is 0 Å². The Kier molecular flexibility index (Phi) is 5.67. The molecule has 0 bridgehead atoms. The number of aromatic nitrogens is 1. The van der Waals surface area contributed by atoms with E-state index in [2.05, 4.69) is 15.0 Å². The van der Waals surface area contributed by atoms with Crippen LogP contribution in [0.1, 0.15) is 34.3 Å². The van der Waals surface area contributed by atoms with Gasteiger partial charge < -0.3 is 15.8 Å². The summed E-state index contributed by atoms with van der Waals surface area (Å²) in [4.78, 5) is 23.7. The number of nitrogens with one attached hydrogen (secondary N) is 2. The Hall–Kier alpha value is -2.68. The van der Waals surface area contributed by atoms with E-state index >= 15 is 0 Å². The second kappa shape index (κ2) is 8.13. The van der Waals surface area contributed by atoms with Crippen LogP contribution in [-0.4, -0.2) is 22.9 Å². The van der Waals surface area contributed by atoms with Crippen molar-refractivity contribution in [2.75, 3.05) is 11.9 Å². The van der Waals surface area contributed by atoms with Crippen molar-refractivity contribution in [3.63, 3.8) is 0 Å². The van der Waals surface area contributed by atoms with Crippen molar-refractivity contribution in [2.24, 2.45) is 11.7 Å². The minimum absolute atomic E-state index is 0.00861. The first kappa shape index (κ1) is 18.1. The number of rotatable bonds is 8. The van der Waals surface area contributed by atoms with E-state index in [4.69, 9.17) is 10.5 Å². The van der Waals surface area contributed by atoms with Gasteiger partial charge >= 0.3 is 6.03 Å². The number of carbonyl (C=O) groups excluding carboxylic acids is 2. The number of ether oxygens (including phenoxy) is 1. The molecule has 0 unspecified atom stereocenters. The molecule has 138 valence electrons. The molecule has 26 heavy (non-hydrogen) atoms. The van der Waals surface area contributed by atoms with Crippen LogP contribution in [-0.2, 0) is 13.3 Å². The predicted octanol–water partition coefficient (Wildman–Crippen LogP) is 2.82. The van der Waals surface area contributed by atoms with Crippen LogP contribution < -0.4 is 21.1 Å². The fourth-order valence-electron chi connectivity index (χ4n) is 2.36. The van der Waals surface area contributed by atoms with Crippen molar-refractivity contribution in [3.8, 4) is 5.88 Å². The van der Waals surface area contributed by atoms with Gasteiger partial charge in [0.05, 0.1) is 0 Å². The Balaban J connectivity index is 1.68. The molecule has 3 amide bonds. The highest BCUT2D eigenvalue weighted by Crippen LogP contribution is 2.31. The van der Waals surface area contributed by atoms with Gasteiger partial charge in [-0.2, -0.15) is 4.37 Å². The highest BCUT2D eigenvalue weighted by atomic mass is 32.1. The lowest BCUT2D eigenvalue weighted by Gasteiger charge is -2.09. The fourth-order valence-corrected chi connectivity index (χ4v) is 3.09. The summed E-state index contributed by atoms with van der Waals surface area (Å²) in [7, 11) is 0. The van der Waals surface area contributed by atoms with Crippen LogP contribution >= 0.6 is 11.5 Å². The molecule has 1 aliphatic rings. The minimum Gasteiger partial charge on any atom is -0.472 e. The quantitative estimate of drug-likeness (QED) is 0.657. The van der Waals surface area contributed by atoms with Gasteiger partial charge in [-0.15, -0.1) is 0 Å². The molecule has 1 saturated carbocycles. The van der Waals surface area contributed by atoms with E-state index in [9.17, 15) is 14.0 Å². The average molecular weight is 378 g/mol. The molecule has 1 aliphatic carbocycles. The third kappa shape index (κ3) is 4.48. The van der Waals surface area contributed by atoms with Crippen LogP contribution in [0.4, 0.5) is 14.2 Å². The monoisotopic (exact) mass is 378 g/mol. The summed E-state index contributed by atoms with van der Waals surface area (Å²) in [6, 6.07) is 6.47. The number of hydrogen-bond acceptors (Lipinski definition) is 5. The zero-order valence-corrected chi connectivity index (χ0v) is 14.8. The van der Waals surface area contributed by atoms with Crippen LogP contribution in [0, 0.1) is 5.92 Å². The molecule has 2 aromatic rings. The summed E-state index contributed by atoms with van der Waals surface area (Å²) in [6.07, 6.45) is 2.23. The molecule has 9 heteroatoms. The van der Waals surface area contributed by atoms with Gasteiger partial charge in [0.15, 0.2) is 0 Å². The van der Waals surface area contributed by atoms with Crippen molar-refractivity contribution < 1.29 is 18.7 Å². The lowest BCUT2D eigenvalue weighted by Crippen LogP contribution is -2.30. The van der Waals surface area contributed by atoms with E-state index in [1.54, 1.807) is 24.3 Å². The highest BCUT2D eigenvalue weighted by molar-refractivity contribution is 7.11. The van der Waals surface area contributed by atoms with E-state index in [0.29, 0.717) is 23.6 Å². The number of carbonyl (C=O) groups is 2. The first-order chi connectivity index (χ1) is 12.6. The minimum atomic E-state index is -0.759. The van der Waals surface area contributed by atoms with Gasteiger partial charge in [-0.05, 0) is 41.4 Å². The first-order valence-corrected chi connectivity index (χ1v) is 8.95. The second-order valence-electron chi connectivity index (χ2n) is 6.03. The van der Waals surface area contributed by atoms with E-state index in [1.807, 2.05) is 0 Å². The number of urea groups is 1. The summed E-state index contributed by atoms with van der Waals surface area (Å²) in [5.41, 5.74) is 6.57. The Morgan fingerprint density at radius 2 is 2.04 bits per heavy atom. The maximum Gasteiger partial charge on any atom is 0.319 e. The van der Waals surface area contributed by atoms with Crippen molar-refractivity contribution in [3.05, 3.63) is 41.0 Å². The van der Waals surface area contributed by atoms with Crippen molar-refractivity contribution >= 4 is 28.5 Å². The number of hydrogen-bond donors (Lipinski definition) is 3. The number of alkyl halides is 1. The summed E-state index contributed by atoms with van der Waals surface area (Å²) < 4.78 is 22.6. The standard InChI is InChI=1S/C17H19FN4O3S/c18-7-11-3-1-2-4-12(11)9-25-15-13(14(19)23)16(26-22-15)21-17(24)20-8-10-5-6-10/h1-4,10H,5-9H2,(H2,19,23)(H2,20,21,24). The molecular weight excluding hydrogens is 359 g/mol. The summed E-state index contributed by atoms with van der Waals surface area (Å²) in [6.45, 7) is 0.0184. The third-order valence-electron chi connectivity index (χ3n) is 4.01. The number of primary amides is 1. The van der Waals surface area contributed by atoms with Gasteiger partial charge in [-0.1, -0.05) is 24.3 Å². The summed E-state index contributed by atoms with van der Waals surface area (Å²) >= 11 is 0.906. The lowest BCUT2D eigenvalue weighted by atomic mass is 10.1. The van der Waals surface area contributed by atoms with E-state index in [0.717, 1.165) is 24.4 Å². The summed E-state index contributed by atoms with van der Waals surface area (Å²) in [5, 5.41) is 5.54. The second-order valence-corrected chi connectivity index (χ2v) is 6.80. The Morgan fingerprint density at radius 3 is 2.69 bits per heavy atom. The molecule has 3 rings (SSSR count). The van der Waals surface area contributed by atoms with Gasteiger partial charge in [-0.3, -0.25) is 10.1 Å². The molecule has 0 spiro atoms. The third-order valence-corrected chi connectivity index (χ3v) is 4.76. The van der Waals surface area contributed by atoms with E-state index < -0.39 is 18.6 Å². The van der Waals surface area contributed by atoms with Crippen molar-refractivity contribution in [1.82, 2.24) is 9.69 Å². The zero-order chi connectivity index (χ0) is 18.5. The number of nitrogens with two attached hydrogens (primary N) is 1. The molecule has 7 nitrogen and oxygen atoms in total. The average Bonchev–Trinajstić information content (AvgIpc) is 3.38. The molecule has 4 N–H and O–H groups in total. The van der Waals surface area contributed by atoms with Gasteiger partial charge in [0.25, 0.3) is 5.91 Å². The topological polar surface area (TPSA) is 106 Å². The van der Waals surface area contributed by atoms with Gasteiger partial charge in [0, 0.05) is 6.54 Å². The Morgan fingerprint density at radius 1 is 1.31 bits per heavy atom. The van der Waals surface area contributed by atoms with E-state index in [-0.39, 0.29) is 23.1 Å². The van der Waals surface area contributed by atoms with Crippen LogP contribution in [0.2, 0.25) is 0 Å². The van der Waals surface area contributed by atoms with Crippen molar-refractivity contribution in [2.45, 2.75) is 26.1 Å². The number of amides is 3. The van der Waals surface area contributed by atoms with Gasteiger partial charge in [-0.25, -0.2) is 9.18 Å². The Labute approximate surface area is 153 Å². The fraction of sp³-hybridized carbons (Fsp3) is 0.353. The number of benzene rings is 1. The molecule has 0 radical (unpaired) electrons. The molecule has 0 saturated heterocycles.